The lowest BCUT2D eigenvalue weighted by Crippen LogP contribution is -2.55. The average Bonchev–Trinajstić information content (AvgIpc) is 2.85. The first-order chi connectivity index (χ1) is 12.4. The third-order valence-electron chi connectivity index (χ3n) is 6.12. The molecule has 3 aliphatic rings. The summed E-state index contributed by atoms with van der Waals surface area (Å²) < 4.78 is 0. The van der Waals surface area contributed by atoms with Crippen LogP contribution in [0.5, 0.6) is 0 Å². The summed E-state index contributed by atoms with van der Waals surface area (Å²) in [6.07, 6.45) is 3.30. The van der Waals surface area contributed by atoms with Crippen LogP contribution in [0.2, 0.25) is 0 Å². The Morgan fingerprint density at radius 3 is 2.31 bits per heavy atom. The van der Waals surface area contributed by atoms with Crippen molar-refractivity contribution in [2.24, 2.45) is 5.92 Å². The highest BCUT2D eigenvalue weighted by atomic mass is 16.2. The minimum atomic E-state index is -0.701. The van der Waals surface area contributed by atoms with E-state index in [0.717, 1.165) is 19.6 Å². The van der Waals surface area contributed by atoms with Crippen molar-refractivity contribution in [2.75, 3.05) is 32.7 Å². The second-order valence-corrected chi connectivity index (χ2v) is 8.33. The van der Waals surface area contributed by atoms with Crippen molar-refractivity contribution in [1.82, 2.24) is 20.0 Å². The lowest BCUT2D eigenvalue weighted by atomic mass is 9.87. The van der Waals surface area contributed by atoms with Crippen molar-refractivity contribution in [3.05, 3.63) is 0 Å². The number of urea groups is 1. The van der Waals surface area contributed by atoms with Crippen molar-refractivity contribution in [2.45, 2.75) is 64.5 Å². The first-order valence-electron chi connectivity index (χ1n) is 10.0. The van der Waals surface area contributed by atoms with Crippen LogP contribution < -0.4 is 5.32 Å². The molecular weight excluding hydrogens is 332 g/mol. The maximum Gasteiger partial charge on any atom is 0.325 e. The lowest BCUT2D eigenvalue weighted by Gasteiger charge is -2.38. The van der Waals surface area contributed by atoms with Gasteiger partial charge in [-0.2, -0.15) is 0 Å². The van der Waals surface area contributed by atoms with Crippen LogP contribution in [0.4, 0.5) is 4.79 Å². The molecule has 0 radical (unpaired) electrons. The second-order valence-electron chi connectivity index (χ2n) is 8.33. The number of likely N-dealkylation sites (tertiary alicyclic amines) is 2. The predicted octanol–water partition coefficient (Wildman–Crippen LogP) is 1.43. The molecule has 0 aliphatic carbocycles. The van der Waals surface area contributed by atoms with E-state index in [1.54, 1.807) is 0 Å². The summed E-state index contributed by atoms with van der Waals surface area (Å²) in [5, 5.41) is 3.00. The minimum absolute atomic E-state index is 0.0507. The largest absolute Gasteiger partial charge is 0.343 e. The highest BCUT2D eigenvalue weighted by molar-refractivity contribution is 6.07. The lowest BCUT2D eigenvalue weighted by molar-refractivity contribution is -0.136. The van der Waals surface area contributed by atoms with Crippen LogP contribution in [-0.2, 0) is 9.59 Å². The van der Waals surface area contributed by atoms with Gasteiger partial charge in [-0.05, 0) is 38.1 Å². The third kappa shape index (κ3) is 3.59. The van der Waals surface area contributed by atoms with Crippen LogP contribution in [-0.4, -0.2) is 76.8 Å². The number of hydrogen-bond acceptors (Lipinski definition) is 4. The van der Waals surface area contributed by atoms with Gasteiger partial charge in [0.2, 0.25) is 5.91 Å². The quantitative estimate of drug-likeness (QED) is 0.766. The number of nitrogens with zero attached hydrogens (tertiary/aromatic N) is 3. The van der Waals surface area contributed by atoms with Crippen LogP contribution in [0.1, 0.15) is 52.9 Å². The van der Waals surface area contributed by atoms with E-state index < -0.39 is 5.54 Å². The molecule has 7 nitrogen and oxygen atoms in total. The molecule has 0 atom stereocenters. The van der Waals surface area contributed by atoms with E-state index in [1.807, 2.05) is 18.7 Å². The SMILES string of the molecule is CCN1CCC2(CC1)NC(=O)N(C1CCN(C(=O)CC(C)C)CC1)C2=O. The first kappa shape index (κ1) is 19.1. The third-order valence-corrected chi connectivity index (χ3v) is 6.12. The topological polar surface area (TPSA) is 73.0 Å². The van der Waals surface area contributed by atoms with E-state index in [4.69, 9.17) is 0 Å². The molecule has 0 unspecified atom stereocenters. The molecule has 146 valence electrons. The van der Waals surface area contributed by atoms with Gasteiger partial charge in [0.25, 0.3) is 5.91 Å². The molecule has 3 rings (SSSR count). The molecular formula is C19H32N4O3. The Labute approximate surface area is 156 Å². The maximum absolute atomic E-state index is 13.1. The molecule has 0 aromatic rings. The van der Waals surface area contributed by atoms with E-state index >= 15 is 0 Å². The molecule has 3 aliphatic heterocycles. The number of amides is 4. The fourth-order valence-corrected chi connectivity index (χ4v) is 4.41. The van der Waals surface area contributed by atoms with Gasteiger partial charge in [0, 0.05) is 38.6 Å². The first-order valence-corrected chi connectivity index (χ1v) is 10.0. The van der Waals surface area contributed by atoms with Crippen molar-refractivity contribution >= 4 is 17.8 Å². The number of hydrogen-bond donors (Lipinski definition) is 1. The Morgan fingerprint density at radius 2 is 1.77 bits per heavy atom. The number of carbonyl (C=O) groups is 3. The summed E-state index contributed by atoms with van der Waals surface area (Å²) in [4.78, 5) is 43.5. The minimum Gasteiger partial charge on any atom is -0.343 e. The summed E-state index contributed by atoms with van der Waals surface area (Å²) in [6, 6.07) is -0.332. The summed E-state index contributed by atoms with van der Waals surface area (Å²) in [7, 11) is 0. The molecule has 0 bridgehead atoms. The van der Waals surface area contributed by atoms with Gasteiger partial charge in [-0.3, -0.25) is 14.5 Å². The number of imide groups is 1. The summed E-state index contributed by atoms with van der Waals surface area (Å²) in [6.45, 7) is 10.1. The Balaban J connectivity index is 1.60. The molecule has 0 saturated carbocycles. The predicted molar refractivity (Wildman–Crippen MR) is 98.5 cm³/mol. The highest BCUT2D eigenvalue weighted by Gasteiger charge is 2.54. The number of carbonyl (C=O) groups excluding carboxylic acids is 3. The van der Waals surface area contributed by atoms with E-state index in [-0.39, 0.29) is 23.9 Å². The fraction of sp³-hybridized carbons (Fsp3) is 0.842. The van der Waals surface area contributed by atoms with Gasteiger partial charge < -0.3 is 15.1 Å². The molecule has 1 N–H and O–H groups in total. The number of rotatable bonds is 4. The highest BCUT2D eigenvalue weighted by Crippen LogP contribution is 2.32. The Kier molecular flexibility index (Phi) is 5.55. The monoisotopic (exact) mass is 364 g/mol. The molecule has 4 amide bonds. The zero-order valence-corrected chi connectivity index (χ0v) is 16.3. The molecule has 3 fully saturated rings. The molecule has 1 spiro atoms. The average molecular weight is 364 g/mol. The van der Waals surface area contributed by atoms with Gasteiger partial charge in [-0.1, -0.05) is 20.8 Å². The van der Waals surface area contributed by atoms with Crippen molar-refractivity contribution in [3.63, 3.8) is 0 Å². The Hall–Kier alpha value is -1.63. The fourth-order valence-electron chi connectivity index (χ4n) is 4.41. The molecule has 26 heavy (non-hydrogen) atoms. The second kappa shape index (κ2) is 7.55. The molecule has 7 heteroatoms. The number of nitrogens with one attached hydrogen (secondary N) is 1. The maximum atomic E-state index is 13.1. The van der Waals surface area contributed by atoms with Crippen molar-refractivity contribution in [1.29, 1.82) is 0 Å². The molecule has 3 saturated heterocycles. The number of piperidine rings is 2. The van der Waals surface area contributed by atoms with Crippen molar-refractivity contribution in [3.8, 4) is 0 Å². The van der Waals surface area contributed by atoms with Gasteiger partial charge in [0.1, 0.15) is 5.54 Å². The Bertz CT molecular complexity index is 561. The summed E-state index contributed by atoms with van der Waals surface area (Å²) in [5.74, 6) is 0.476. The van der Waals surface area contributed by atoms with Gasteiger partial charge >= 0.3 is 6.03 Å². The zero-order valence-electron chi connectivity index (χ0n) is 16.3. The Morgan fingerprint density at radius 1 is 1.15 bits per heavy atom. The van der Waals surface area contributed by atoms with Gasteiger partial charge in [-0.15, -0.1) is 0 Å². The van der Waals surface area contributed by atoms with Crippen LogP contribution in [0, 0.1) is 5.92 Å². The molecule has 3 heterocycles. The normalized spacial score (nSPS) is 24.6. The molecule has 0 aromatic heterocycles. The zero-order chi connectivity index (χ0) is 18.9. The van der Waals surface area contributed by atoms with E-state index in [2.05, 4.69) is 17.1 Å². The van der Waals surface area contributed by atoms with E-state index in [0.29, 0.717) is 51.1 Å². The van der Waals surface area contributed by atoms with Crippen LogP contribution >= 0.6 is 0 Å². The van der Waals surface area contributed by atoms with Gasteiger partial charge in [-0.25, -0.2) is 4.79 Å². The van der Waals surface area contributed by atoms with Gasteiger partial charge in [0.05, 0.1) is 0 Å². The van der Waals surface area contributed by atoms with E-state index in [9.17, 15) is 14.4 Å². The summed E-state index contributed by atoms with van der Waals surface area (Å²) >= 11 is 0. The van der Waals surface area contributed by atoms with Crippen LogP contribution in [0.15, 0.2) is 0 Å². The van der Waals surface area contributed by atoms with Gasteiger partial charge in [0.15, 0.2) is 0 Å². The summed E-state index contributed by atoms with van der Waals surface area (Å²) in [5.41, 5.74) is -0.701. The van der Waals surface area contributed by atoms with Crippen LogP contribution in [0.25, 0.3) is 0 Å². The molecule has 0 aromatic carbocycles. The van der Waals surface area contributed by atoms with Crippen molar-refractivity contribution < 1.29 is 14.4 Å². The van der Waals surface area contributed by atoms with E-state index in [1.165, 1.54) is 4.90 Å². The van der Waals surface area contributed by atoms with Crippen LogP contribution in [0.3, 0.4) is 0 Å². The smallest absolute Gasteiger partial charge is 0.325 e. The standard InChI is InChI=1S/C19H32N4O3/c1-4-21-11-7-19(8-12-21)17(25)23(18(26)20-19)15-5-9-22(10-6-15)16(24)13-14(2)3/h14-15H,4-13H2,1-3H3,(H,20,26).